The van der Waals surface area contributed by atoms with Gasteiger partial charge < -0.3 is 10.6 Å². The largest absolute Gasteiger partial charge is 0.320 e. The molecule has 138 valence electrons. The van der Waals surface area contributed by atoms with Crippen LogP contribution >= 0.6 is 11.6 Å². The first-order valence-electron chi connectivity index (χ1n) is 7.96. The molecule has 0 aliphatic carbocycles. The van der Waals surface area contributed by atoms with Gasteiger partial charge in [-0.15, -0.1) is 0 Å². The number of nitrogens with one attached hydrogen (secondary N) is 2. The number of hydrogen-bond acceptors (Lipinski definition) is 4. The minimum atomic E-state index is -0.773. The van der Waals surface area contributed by atoms with Crippen molar-refractivity contribution in [3.05, 3.63) is 76.1 Å². The second-order valence-electron chi connectivity index (χ2n) is 5.91. The maximum Gasteiger partial charge on any atom is 0.258 e. The number of aryl methyl sites for hydroxylation is 2. The Morgan fingerprint density at radius 1 is 1.04 bits per heavy atom. The molecular weight excluding hydrogens is 374 g/mol. The zero-order valence-electron chi connectivity index (χ0n) is 14.5. The maximum atomic E-state index is 13.7. The van der Waals surface area contributed by atoms with Crippen LogP contribution in [0, 0.1) is 25.5 Å². The second kappa shape index (κ2) is 7.67. The van der Waals surface area contributed by atoms with E-state index in [9.17, 15) is 13.6 Å². The highest BCUT2D eigenvalue weighted by Crippen LogP contribution is 2.28. The number of para-hydroxylation sites is 1. The van der Waals surface area contributed by atoms with Crippen LogP contribution in [-0.4, -0.2) is 15.9 Å². The molecule has 3 rings (SSSR count). The number of nitrogens with zero attached hydrogens (tertiary/aromatic N) is 2. The molecule has 0 radical (unpaired) electrons. The van der Waals surface area contributed by atoms with E-state index < -0.39 is 17.5 Å². The lowest BCUT2D eigenvalue weighted by Crippen LogP contribution is -2.14. The third-order valence-corrected chi connectivity index (χ3v) is 4.08. The summed E-state index contributed by atoms with van der Waals surface area (Å²) in [7, 11) is 0. The van der Waals surface area contributed by atoms with Crippen molar-refractivity contribution in [2.45, 2.75) is 13.8 Å². The number of hydrogen-bond donors (Lipinski definition) is 2. The highest BCUT2D eigenvalue weighted by Gasteiger charge is 2.14. The third-order valence-electron chi connectivity index (χ3n) is 3.78. The van der Waals surface area contributed by atoms with Crippen LogP contribution in [0.1, 0.15) is 21.5 Å². The molecule has 2 aromatic carbocycles. The predicted molar refractivity (Wildman–Crippen MR) is 101 cm³/mol. The molecule has 0 saturated carbocycles. The molecule has 0 fully saturated rings. The van der Waals surface area contributed by atoms with Crippen molar-refractivity contribution in [1.29, 1.82) is 0 Å². The molecule has 0 saturated heterocycles. The van der Waals surface area contributed by atoms with Gasteiger partial charge in [-0.2, -0.15) is 0 Å². The molecule has 0 bridgehead atoms. The summed E-state index contributed by atoms with van der Waals surface area (Å²) in [6, 6.07) is 7.12. The average molecular weight is 389 g/mol. The summed E-state index contributed by atoms with van der Waals surface area (Å²) >= 11 is 6.18. The van der Waals surface area contributed by atoms with Crippen LogP contribution in [0.5, 0.6) is 0 Å². The van der Waals surface area contributed by atoms with Gasteiger partial charge in [0.25, 0.3) is 5.91 Å². The Bertz CT molecular complexity index is 966. The normalized spacial score (nSPS) is 10.6. The van der Waals surface area contributed by atoms with Crippen molar-refractivity contribution < 1.29 is 13.6 Å². The quantitative estimate of drug-likeness (QED) is 0.658. The predicted octanol–water partition coefficient (Wildman–Crippen LogP) is 5.02. The number of halogens is 3. The summed E-state index contributed by atoms with van der Waals surface area (Å²) in [6.07, 6.45) is 2.50. The lowest BCUT2D eigenvalue weighted by Gasteiger charge is -2.12. The van der Waals surface area contributed by atoms with Gasteiger partial charge >= 0.3 is 0 Å². The van der Waals surface area contributed by atoms with Gasteiger partial charge in [-0.05, 0) is 43.2 Å². The third kappa shape index (κ3) is 4.20. The Morgan fingerprint density at radius 3 is 2.26 bits per heavy atom. The van der Waals surface area contributed by atoms with Crippen molar-refractivity contribution in [2.75, 3.05) is 10.6 Å². The van der Waals surface area contributed by atoms with E-state index in [1.165, 1.54) is 18.5 Å². The first-order chi connectivity index (χ1) is 12.8. The summed E-state index contributed by atoms with van der Waals surface area (Å²) < 4.78 is 27.3. The SMILES string of the molecule is Cc1cc(C)c(NC(=O)c2cnc(Nc3c(F)cccc3F)nc2)c(Cl)c1. The van der Waals surface area contributed by atoms with Crippen molar-refractivity contribution in [3.63, 3.8) is 0 Å². The van der Waals surface area contributed by atoms with Gasteiger partial charge in [-0.3, -0.25) is 4.79 Å². The highest BCUT2D eigenvalue weighted by molar-refractivity contribution is 6.34. The average Bonchev–Trinajstić information content (AvgIpc) is 2.61. The zero-order valence-corrected chi connectivity index (χ0v) is 15.2. The van der Waals surface area contributed by atoms with E-state index in [0.717, 1.165) is 23.3 Å². The fraction of sp³-hybridized carbons (Fsp3) is 0.105. The molecule has 2 N–H and O–H groups in total. The van der Waals surface area contributed by atoms with Gasteiger partial charge in [0, 0.05) is 12.4 Å². The zero-order chi connectivity index (χ0) is 19.6. The van der Waals surface area contributed by atoms with Crippen LogP contribution in [0.3, 0.4) is 0 Å². The Kier molecular flexibility index (Phi) is 5.32. The Hall–Kier alpha value is -3.06. The number of aromatic nitrogens is 2. The standard InChI is InChI=1S/C19H15ClF2N4O/c1-10-6-11(2)16(13(20)7-10)25-18(27)12-8-23-19(24-9-12)26-17-14(21)4-3-5-15(17)22/h3-9H,1-2H3,(H,25,27)(H,23,24,26). The Balaban J connectivity index is 1.76. The number of amides is 1. The summed E-state index contributed by atoms with van der Waals surface area (Å²) in [5, 5.41) is 5.60. The van der Waals surface area contributed by atoms with E-state index >= 15 is 0 Å². The van der Waals surface area contributed by atoms with E-state index in [4.69, 9.17) is 11.6 Å². The number of carbonyl (C=O) groups excluding carboxylic acids is 1. The molecule has 0 unspecified atom stereocenters. The number of anilines is 3. The van der Waals surface area contributed by atoms with Gasteiger partial charge in [0.15, 0.2) is 0 Å². The van der Waals surface area contributed by atoms with Gasteiger partial charge in [0.05, 0.1) is 16.3 Å². The van der Waals surface area contributed by atoms with Crippen molar-refractivity contribution >= 4 is 34.8 Å². The van der Waals surface area contributed by atoms with Crippen LogP contribution < -0.4 is 10.6 Å². The van der Waals surface area contributed by atoms with Crippen molar-refractivity contribution in [3.8, 4) is 0 Å². The van der Waals surface area contributed by atoms with E-state index in [-0.39, 0.29) is 17.2 Å². The molecule has 0 spiro atoms. The van der Waals surface area contributed by atoms with Crippen LogP contribution in [0.4, 0.5) is 26.1 Å². The molecule has 1 aromatic heterocycles. The minimum absolute atomic E-state index is 0.0416. The molecule has 3 aromatic rings. The van der Waals surface area contributed by atoms with E-state index in [0.29, 0.717) is 10.7 Å². The monoisotopic (exact) mass is 388 g/mol. The summed E-state index contributed by atoms with van der Waals surface area (Å²) in [4.78, 5) is 20.2. The van der Waals surface area contributed by atoms with E-state index in [1.54, 1.807) is 6.07 Å². The van der Waals surface area contributed by atoms with Crippen LogP contribution in [0.15, 0.2) is 42.7 Å². The Labute approximate surface area is 159 Å². The molecule has 1 heterocycles. The van der Waals surface area contributed by atoms with Crippen molar-refractivity contribution in [1.82, 2.24) is 9.97 Å². The second-order valence-corrected chi connectivity index (χ2v) is 6.32. The molecule has 27 heavy (non-hydrogen) atoms. The first kappa shape index (κ1) is 18.7. The smallest absolute Gasteiger partial charge is 0.258 e. The number of benzene rings is 2. The minimum Gasteiger partial charge on any atom is -0.320 e. The topological polar surface area (TPSA) is 66.9 Å². The molecule has 0 atom stereocenters. The lowest BCUT2D eigenvalue weighted by molar-refractivity contribution is 0.102. The van der Waals surface area contributed by atoms with Gasteiger partial charge in [-0.1, -0.05) is 23.7 Å². The molecule has 1 amide bonds. The van der Waals surface area contributed by atoms with E-state index in [2.05, 4.69) is 20.6 Å². The van der Waals surface area contributed by atoms with Gasteiger partial charge in [0.1, 0.15) is 17.3 Å². The maximum absolute atomic E-state index is 13.7. The van der Waals surface area contributed by atoms with E-state index in [1.807, 2.05) is 19.9 Å². The molecule has 0 aliphatic rings. The number of rotatable bonds is 4. The fourth-order valence-corrected chi connectivity index (χ4v) is 2.87. The van der Waals surface area contributed by atoms with Crippen LogP contribution in [0.2, 0.25) is 5.02 Å². The van der Waals surface area contributed by atoms with Gasteiger partial charge in [0.2, 0.25) is 5.95 Å². The molecule has 0 aliphatic heterocycles. The summed E-state index contributed by atoms with van der Waals surface area (Å²) in [6.45, 7) is 3.74. The highest BCUT2D eigenvalue weighted by atomic mass is 35.5. The molecule has 5 nitrogen and oxygen atoms in total. The molecule has 8 heteroatoms. The summed E-state index contributed by atoms with van der Waals surface area (Å²) in [5.74, 6) is -2.04. The van der Waals surface area contributed by atoms with Crippen molar-refractivity contribution in [2.24, 2.45) is 0 Å². The lowest BCUT2D eigenvalue weighted by atomic mass is 10.1. The molecular formula is C19H15ClF2N4O. The summed E-state index contributed by atoms with van der Waals surface area (Å²) in [5.41, 5.74) is 2.11. The Morgan fingerprint density at radius 2 is 1.67 bits per heavy atom. The number of carbonyl (C=O) groups is 1. The van der Waals surface area contributed by atoms with Gasteiger partial charge in [-0.25, -0.2) is 18.7 Å². The first-order valence-corrected chi connectivity index (χ1v) is 8.34. The van der Waals surface area contributed by atoms with Crippen LogP contribution in [-0.2, 0) is 0 Å². The fourth-order valence-electron chi connectivity index (χ4n) is 2.50. The van der Waals surface area contributed by atoms with Crippen LogP contribution in [0.25, 0.3) is 0 Å².